The van der Waals surface area contributed by atoms with E-state index in [9.17, 15) is 14.0 Å². The van der Waals surface area contributed by atoms with E-state index in [-0.39, 0.29) is 24.2 Å². The van der Waals surface area contributed by atoms with E-state index in [1.807, 2.05) is 0 Å². The molecule has 2 aliphatic rings. The average Bonchev–Trinajstić information content (AvgIpc) is 3.39. The van der Waals surface area contributed by atoms with Crippen molar-refractivity contribution in [3.63, 3.8) is 0 Å². The lowest BCUT2D eigenvalue weighted by Crippen LogP contribution is -2.23. The highest BCUT2D eigenvalue weighted by atomic mass is 32.1. The van der Waals surface area contributed by atoms with Crippen molar-refractivity contribution < 1.29 is 18.7 Å². The summed E-state index contributed by atoms with van der Waals surface area (Å²) in [4.78, 5) is 29.9. The summed E-state index contributed by atoms with van der Waals surface area (Å²) in [7, 11) is 0. The number of benzene rings is 1. The van der Waals surface area contributed by atoms with Gasteiger partial charge in [-0.25, -0.2) is 9.37 Å². The molecule has 1 aromatic carbocycles. The van der Waals surface area contributed by atoms with Crippen LogP contribution in [0.5, 0.6) is 0 Å². The molecule has 148 valence electrons. The van der Waals surface area contributed by atoms with Gasteiger partial charge in [0.25, 0.3) is 0 Å². The smallest absolute Gasteiger partial charge is 0.306 e. The fourth-order valence-electron chi connectivity index (χ4n) is 4.56. The number of nitrogens with zero attached hydrogens (tertiary/aromatic N) is 2. The van der Waals surface area contributed by atoms with Crippen LogP contribution in [0.25, 0.3) is 0 Å². The maximum Gasteiger partial charge on any atom is 0.306 e. The predicted molar refractivity (Wildman–Crippen MR) is 105 cm³/mol. The van der Waals surface area contributed by atoms with E-state index in [4.69, 9.17) is 4.74 Å². The molecular weight excluding hydrogens is 379 g/mol. The number of aromatic nitrogens is 1. The van der Waals surface area contributed by atoms with Crippen LogP contribution in [0.3, 0.4) is 0 Å². The van der Waals surface area contributed by atoms with Crippen LogP contribution < -0.4 is 4.90 Å². The molecule has 0 unspecified atom stereocenters. The molecule has 0 saturated heterocycles. The van der Waals surface area contributed by atoms with E-state index in [1.54, 1.807) is 17.5 Å². The van der Waals surface area contributed by atoms with Crippen molar-refractivity contribution in [2.24, 2.45) is 17.8 Å². The zero-order valence-corrected chi connectivity index (χ0v) is 16.6. The molecule has 7 heteroatoms. The first-order valence-electron chi connectivity index (χ1n) is 9.66. The van der Waals surface area contributed by atoms with Crippen LogP contribution >= 0.6 is 11.3 Å². The van der Waals surface area contributed by atoms with Gasteiger partial charge >= 0.3 is 5.97 Å². The minimum atomic E-state index is -0.494. The molecule has 3 atom stereocenters. The molecule has 1 aromatic heterocycles. The number of anilines is 2. The van der Waals surface area contributed by atoms with E-state index >= 15 is 0 Å². The van der Waals surface area contributed by atoms with Crippen molar-refractivity contribution in [2.75, 3.05) is 4.90 Å². The van der Waals surface area contributed by atoms with Crippen molar-refractivity contribution in [3.8, 4) is 0 Å². The number of halogens is 1. The minimum Gasteiger partial charge on any atom is -0.459 e. The van der Waals surface area contributed by atoms with E-state index in [0.717, 1.165) is 12.3 Å². The molecule has 2 aromatic rings. The van der Waals surface area contributed by atoms with Crippen LogP contribution in [-0.2, 0) is 20.9 Å². The third-order valence-corrected chi connectivity index (χ3v) is 6.71. The predicted octanol–water partition coefficient (Wildman–Crippen LogP) is 4.84. The average molecular weight is 402 g/mol. The number of hydrogen-bond acceptors (Lipinski definition) is 5. The topological polar surface area (TPSA) is 59.5 Å². The second-order valence-corrected chi connectivity index (χ2v) is 8.56. The van der Waals surface area contributed by atoms with E-state index in [0.29, 0.717) is 29.1 Å². The van der Waals surface area contributed by atoms with Crippen molar-refractivity contribution in [3.05, 3.63) is 41.2 Å². The highest BCUT2D eigenvalue weighted by Gasteiger charge is 2.40. The van der Waals surface area contributed by atoms with E-state index < -0.39 is 5.82 Å². The van der Waals surface area contributed by atoms with Gasteiger partial charge in [-0.1, -0.05) is 18.6 Å². The molecule has 4 rings (SSSR count). The van der Waals surface area contributed by atoms with Crippen molar-refractivity contribution in [1.82, 2.24) is 4.98 Å². The summed E-state index contributed by atoms with van der Waals surface area (Å²) < 4.78 is 19.5. The first kappa shape index (κ1) is 19.1. The SMILES string of the molecule is CC(=O)N(c1nc(COC(=O)C[C@H]2C[C@@H]3CC[C@@H]2C3)cs1)c1ccccc1F. The van der Waals surface area contributed by atoms with Gasteiger partial charge in [0.1, 0.15) is 12.4 Å². The summed E-state index contributed by atoms with van der Waals surface area (Å²) in [5.74, 6) is 0.940. The molecule has 5 nitrogen and oxygen atoms in total. The Balaban J connectivity index is 1.37. The van der Waals surface area contributed by atoms with Crippen LogP contribution in [0.15, 0.2) is 29.6 Å². The Labute approximate surface area is 167 Å². The Kier molecular flexibility index (Phi) is 5.44. The molecule has 2 bridgehead atoms. The number of thiazole rings is 1. The Morgan fingerprint density at radius 1 is 1.29 bits per heavy atom. The fraction of sp³-hybridized carbons (Fsp3) is 0.476. The Morgan fingerprint density at radius 2 is 2.11 bits per heavy atom. The standard InChI is InChI=1S/C21H23FN2O3S/c1-13(25)24(19-5-3-2-4-18(19)22)21-23-17(12-28-21)11-27-20(26)10-16-9-14-6-7-15(16)8-14/h2-5,12,14-16H,6-11H2,1H3/t14-,15-,16-/m1/s1. The summed E-state index contributed by atoms with van der Waals surface area (Å²) >= 11 is 1.22. The van der Waals surface area contributed by atoms with Crippen LogP contribution in [0.2, 0.25) is 0 Å². The maximum atomic E-state index is 14.1. The summed E-state index contributed by atoms with van der Waals surface area (Å²) in [6.07, 6.45) is 5.45. The molecule has 2 aliphatic carbocycles. The second-order valence-electron chi connectivity index (χ2n) is 7.73. The van der Waals surface area contributed by atoms with Gasteiger partial charge < -0.3 is 4.74 Å². The molecular formula is C21H23FN2O3S. The van der Waals surface area contributed by atoms with E-state index in [2.05, 4.69) is 4.98 Å². The monoisotopic (exact) mass is 402 g/mol. The van der Waals surface area contributed by atoms with Crippen molar-refractivity contribution in [1.29, 1.82) is 0 Å². The van der Waals surface area contributed by atoms with Gasteiger partial charge in [0, 0.05) is 18.7 Å². The Bertz CT molecular complexity index is 884. The summed E-state index contributed by atoms with van der Waals surface area (Å²) in [6.45, 7) is 1.43. The van der Waals surface area contributed by atoms with Crippen molar-refractivity contribution in [2.45, 2.75) is 45.6 Å². The number of para-hydroxylation sites is 1. The molecule has 0 aliphatic heterocycles. The number of ether oxygens (including phenoxy) is 1. The number of hydrogen-bond donors (Lipinski definition) is 0. The summed E-state index contributed by atoms with van der Waals surface area (Å²) in [6, 6.07) is 6.07. The molecule has 1 amide bonds. The Morgan fingerprint density at radius 3 is 2.79 bits per heavy atom. The first-order chi connectivity index (χ1) is 13.5. The number of amides is 1. The number of carbonyl (C=O) groups excluding carboxylic acids is 2. The molecule has 0 radical (unpaired) electrons. The third kappa shape index (κ3) is 3.94. The second kappa shape index (κ2) is 7.99. The molecule has 2 fully saturated rings. The third-order valence-electron chi connectivity index (χ3n) is 5.83. The van der Waals surface area contributed by atoms with Crippen LogP contribution in [0, 0.1) is 23.6 Å². The fourth-order valence-corrected chi connectivity index (χ4v) is 5.42. The van der Waals surface area contributed by atoms with Gasteiger partial charge in [-0.2, -0.15) is 0 Å². The van der Waals surface area contributed by atoms with Crippen LogP contribution in [-0.4, -0.2) is 16.9 Å². The highest BCUT2D eigenvalue weighted by Crippen LogP contribution is 2.49. The molecule has 1 heterocycles. The first-order valence-corrected chi connectivity index (χ1v) is 10.5. The van der Waals surface area contributed by atoms with Gasteiger partial charge in [0.05, 0.1) is 11.4 Å². The lowest BCUT2D eigenvalue weighted by molar-refractivity contribution is -0.146. The summed E-state index contributed by atoms with van der Waals surface area (Å²) in [5.41, 5.74) is 0.716. The van der Waals surface area contributed by atoms with E-state index in [1.165, 1.54) is 54.6 Å². The van der Waals surface area contributed by atoms with Gasteiger partial charge in [0.15, 0.2) is 5.13 Å². The maximum absolute atomic E-state index is 14.1. The normalized spacial score (nSPS) is 23.0. The summed E-state index contributed by atoms with van der Waals surface area (Å²) in [5, 5.41) is 2.09. The molecule has 0 N–H and O–H groups in total. The zero-order chi connectivity index (χ0) is 19.7. The van der Waals surface area contributed by atoms with Crippen molar-refractivity contribution >= 4 is 34.0 Å². The molecule has 0 spiro atoms. The number of carbonyl (C=O) groups is 2. The van der Waals surface area contributed by atoms with Gasteiger partial charge in [-0.05, 0) is 49.1 Å². The highest BCUT2D eigenvalue weighted by molar-refractivity contribution is 7.14. The number of rotatable bonds is 6. The minimum absolute atomic E-state index is 0.0686. The zero-order valence-electron chi connectivity index (χ0n) is 15.8. The number of fused-ring (bicyclic) bond motifs is 2. The molecule has 2 saturated carbocycles. The van der Waals surface area contributed by atoms with Gasteiger partial charge in [-0.15, -0.1) is 11.3 Å². The molecule has 28 heavy (non-hydrogen) atoms. The van der Waals surface area contributed by atoms with Crippen LogP contribution in [0.4, 0.5) is 15.2 Å². The lowest BCUT2D eigenvalue weighted by atomic mass is 9.86. The van der Waals surface area contributed by atoms with Gasteiger partial charge in [0.2, 0.25) is 5.91 Å². The quantitative estimate of drug-likeness (QED) is 0.649. The largest absolute Gasteiger partial charge is 0.459 e. The van der Waals surface area contributed by atoms with Gasteiger partial charge in [-0.3, -0.25) is 14.5 Å². The Hall–Kier alpha value is -2.28. The number of esters is 1. The van der Waals surface area contributed by atoms with Crippen LogP contribution in [0.1, 0.15) is 44.7 Å². The lowest BCUT2D eigenvalue weighted by Gasteiger charge is -2.20.